The molecule has 0 radical (unpaired) electrons. The number of pyridine rings is 1. The molecule has 0 aromatic carbocycles. The van der Waals surface area contributed by atoms with Gasteiger partial charge in [0.1, 0.15) is 6.20 Å². The average molecular weight is 222 g/mol. The smallest absolute Gasteiger partial charge is 0.365 e. The third-order valence-electron chi connectivity index (χ3n) is 2.74. The van der Waals surface area contributed by atoms with Gasteiger partial charge in [0.05, 0.1) is 6.07 Å². The van der Waals surface area contributed by atoms with Gasteiger partial charge in [-0.25, -0.2) is 0 Å². The van der Waals surface area contributed by atoms with E-state index in [2.05, 4.69) is 9.88 Å². The van der Waals surface area contributed by atoms with Crippen molar-refractivity contribution in [3.05, 3.63) is 28.4 Å². The van der Waals surface area contributed by atoms with Crippen LogP contribution in [0.2, 0.25) is 0 Å². The number of hydrogen-bond acceptors (Lipinski definition) is 5. The molecule has 0 amide bonds. The van der Waals surface area contributed by atoms with Gasteiger partial charge >= 0.3 is 5.82 Å². The topological polar surface area (TPSA) is 85.3 Å². The zero-order valence-electron chi connectivity index (χ0n) is 8.87. The van der Waals surface area contributed by atoms with Gasteiger partial charge in [-0.2, -0.15) is 0 Å². The van der Waals surface area contributed by atoms with Crippen LogP contribution in [-0.4, -0.2) is 29.0 Å². The molecule has 1 aromatic heterocycles. The van der Waals surface area contributed by atoms with Crippen molar-refractivity contribution in [1.82, 2.24) is 4.98 Å². The lowest BCUT2D eigenvalue weighted by Crippen LogP contribution is -2.42. The number of anilines is 1. The summed E-state index contributed by atoms with van der Waals surface area (Å²) in [7, 11) is 0. The number of aromatic nitrogens is 1. The maximum absolute atomic E-state index is 10.6. The number of nitrogens with two attached hydrogens (primary N) is 1. The molecular weight excluding hydrogens is 208 g/mol. The largest absolute Gasteiger partial charge is 0.370 e. The van der Waals surface area contributed by atoms with E-state index < -0.39 is 4.92 Å². The lowest BCUT2D eigenvalue weighted by molar-refractivity contribution is -0.389. The highest BCUT2D eigenvalue weighted by Crippen LogP contribution is 2.21. The molecule has 1 fully saturated rings. The molecule has 6 nitrogen and oxygen atoms in total. The molecule has 2 N–H and O–H groups in total. The summed E-state index contributed by atoms with van der Waals surface area (Å²) in [6.07, 6.45) is 3.51. The predicted octanol–water partition coefficient (Wildman–Crippen LogP) is 0.917. The van der Waals surface area contributed by atoms with E-state index >= 15 is 0 Å². The molecule has 6 heteroatoms. The van der Waals surface area contributed by atoms with E-state index in [1.54, 1.807) is 6.07 Å². The van der Waals surface area contributed by atoms with Gasteiger partial charge in [-0.15, -0.1) is 0 Å². The second kappa shape index (κ2) is 4.44. The highest BCUT2D eigenvalue weighted by Gasteiger charge is 2.19. The first-order valence-electron chi connectivity index (χ1n) is 5.28. The first-order chi connectivity index (χ1) is 7.66. The first-order valence-corrected chi connectivity index (χ1v) is 5.28. The average Bonchev–Trinajstić information content (AvgIpc) is 2.29. The molecule has 1 aliphatic rings. The quantitative estimate of drug-likeness (QED) is 0.594. The van der Waals surface area contributed by atoms with Crippen LogP contribution in [-0.2, 0) is 0 Å². The minimum absolute atomic E-state index is 0.114. The van der Waals surface area contributed by atoms with Gasteiger partial charge in [0.25, 0.3) is 0 Å². The van der Waals surface area contributed by atoms with E-state index in [0.29, 0.717) is 0 Å². The Morgan fingerprint density at radius 2 is 2.44 bits per heavy atom. The zero-order chi connectivity index (χ0) is 11.5. The van der Waals surface area contributed by atoms with E-state index in [-0.39, 0.29) is 11.9 Å². The molecule has 0 saturated carbocycles. The molecule has 0 aliphatic carbocycles. The molecule has 86 valence electrons. The lowest BCUT2D eigenvalue weighted by atomic mass is 10.1. The molecule has 1 aliphatic heterocycles. The number of nitro groups is 1. The zero-order valence-corrected chi connectivity index (χ0v) is 8.87. The Bertz CT molecular complexity index is 396. The van der Waals surface area contributed by atoms with E-state index in [1.165, 1.54) is 12.3 Å². The van der Waals surface area contributed by atoms with Gasteiger partial charge < -0.3 is 20.7 Å². The van der Waals surface area contributed by atoms with Gasteiger partial charge in [0.2, 0.25) is 0 Å². The Kier molecular flexibility index (Phi) is 3.00. The van der Waals surface area contributed by atoms with E-state index in [4.69, 9.17) is 5.73 Å². The maximum atomic E-state index is 10.6. The minimum atomic E-state index is -0.479. The van der Waals surface area contributed by atoms with Crippen molar-refractivity contribution >= 4 is 11.5 Å². The Morgan fingerprint density at radius 1 is 1.62 bits per heavy atom. The summed E-state index contributed by atoms with van der Waals surface area (Å²) < 4.78 is 0. The Labute approximate surface area is 93.2 Å². The van der Waals surface area contributed by atoms with Crippen LogP contribution in [0.1, 0.15) is 12.8 Å². The van der Waals surface area contributed by atoms with Crippen LogP contribution in [0, 0.1) is 10.1 Å². The lowest BCUT2D eigenvalue weighted by Gasteiger charge is -2.32. The van der Waals surface area contributed by atoms with Gasteiger partial charge in [-0.05, 0) is 22.7 Å². The van der Waals surface area contributed by atoms with Crippen LogP contribution in [0.15, 0.2) is 18.3 Å². The molecule has 0 spiro atoms. The molecule has 1 saturated heterocycles. The van der Waals surface area contributed by atoms with Crippen molar-refractivity contribution in [2.45, 2.75) is 18.9 Å². The van der Waals surface area contributed by atoms with Crippen molar-refractivity contribution in [2.24, 2.45) is 5.73 Å². The number of nitrogens with zero attached hydrogens (tertiary/aromatic N) is 3. The van der Waals surface area contributed by atoms with Crippen molar-refractivity contribution in [3.8, 4) is 0 Å². The molecule has 2 rings (SSSR count). The summed E-state index contributed by atoms with van der Waals surface area (Å²) in [5, 5.41) is 10.6. The number of rotatable bonds is 2. The van der Waals surface area contributed by atoms with Crippen LogP contribution in [0.3, 0.4) is 0 Å². The Balaban J connectivity index is 2.19. The summed E-state index contributed by atoms with van der Waals surface area (Å²) >= 11 is 0. The molecule has 1 atom stereocenters. The minimum Gasteiger partial charge on any atom is -0.370 e. The number of piperidine rings is 1. The van der Waals surface area contributed by atoms with Crippen molar-refractivity contribution in [1.29, 1.82) is 0 Å². The second-order valence-corrected chi connectivity index (χ2v) is 3.98. The fourth-order valence-electron chi connectivity index (χ4n) is 1.95. The first kappa shape index (κ1) is 10.8. The monoisotopic (exact) mass is 222 g/mol. The highest BCUT2D eigenvalue weighted by molar-refractivity contribution is 5.50. The van der Waals surface area contributed by atoms with Crippen molar-refractivity contribution < 1.29 is 4.92 Å². The summed E-state index contributed by atoms with van der Waals surface area (Å²) in [5.74, 6) is -0.114. The van der Waals surface area contributed by atoms with Crippen molar-refractivity contribution in [2.75, 3.05) is 18.0 Å². The fraction of sp³-hybridized carbons (Fsp3) is 0.500. The SMILES string of the molecule is NC1CCCN(c2ccnc([N+](=O)[O-])c2)C1. The van der Waals surface area contributed by atoms with Gasteiger partial charge in [-0.3, -0.25) is 0 Å². The van der Waals surface area contributed by atoms with Crippen LogP contribution in [0.25, 0.3) is 0 Å². The molecule has 16 heavy (non-hydrogen) atoms. The second-order valence-electron chi connectivity index (χ2n) is 3.98. The standard InChI is InChI=1S/C10H14N4O2/c11-8-2-1-5-13(7-8)9-3-4-12-10(6-9)14(15)16/h3-4,6,8H,1-2,5,7,11H2. The predicted molar refractivity (Wildman–Crippen MR) is 60.3 cm³/mol. The van der Waals surface area contributed by atoms with Gasteiger partial charge in [-0.1, -0.05) is 0 Å². The van der Waals surface area contributed by atoms with Crippen LogP contribution >= 0.6 is 0 Å². The van der Waals surface area contributed by atoms with E-state index in [0.717, 1.165) is 31.6 Å². The summed E-state index contributed by atoms with van der Waals surface area (Å²) in [5.41, 5.74) is 6.70. The third kappa shape index (κ3) is 2.27. The van der Waals surface area contributed by atoms with Crippen LogP contribution in [0.4, 0.5) is 11.5 Å². The summed E-state index contributed by atoms with van der Waals surface area (Å²) in [4.78, 5) is 15.9. The molecular formula is C10H14N4O2. The number of hydrogen-bond donors (Lipinski definition) is 1. The van der Waals surface area contributed by atoms with Crippen LogP contribution in [0.5, 0.6) is 0 Å². The molecule has 0 bridgehead atoms. The summed E-state index contributed by atoms with van der Waals surface area (Å²) in [6, 6.07) is 3.43. The normalized spacial score (nSPS) is 20.8. The fourth-order valence-corrected chi connectivity index (χ4v) is 1.95. The third-order valence-corrected chi connectivity index (χ3v) is 2.74. The Morgan fingerprint density at radius 3 is 3.12 bits per heavy atom. The van der Waals surface area contributed by atoms with E-state index in [1.807, 2.05) is 0 Å². The summed E-state index contributed by atoms with van der Waals surface area (Å²) in [6.45, 7) is 1.65. The molecule has 1 unspecified atom stereocenters. The van der Waals surface area contributed by atoms with Crippen molar-refractivity contribution in [3.63, 3.8) is 0 Å². The molecule has 1 aromatic rings. The van der Waals surface area contributed by atoms with Crippen LogP contribution < -0.4 is 10.6 Å². The highest BCUT2D eigenvalue weighted by atomic mass is 16.6. The maximum Gasteiger partial charge on any atom is 0.365 e. The van der Waals surface area contributed by atoms with Gasteiger partial charge in [0, 0.05) is 30.9 Å². The van der Waals surface area contributed by atoms with E-state index in [9.17, 15) is 10.1 Å². The Hall–Kier alpha value is -1.69. The molecule has 2 heterocycles. The van der Waals surface area contributed by atoms with Gasteiger partial charge in [0.15, 0.2) is 0 Å².